The Hall–Kier alpha value is -3.27. The van der Waals surface area contributed by atoms with E-state index in [0.717, 1.165) is 9.87 Å². The highest BCUT2D eigenvalue weighted by molar-refractivity contribution is 7.92. The quantitative estimate of drug-likeness (QED) is 0.262. The maximum absolute atomic E-state index is 14.1. The average Bonchev–Trinajstić information content (AvgIpc) is 2.94. The molecule has 3 aromatic carbocycles. The number of carbonyl (C=O) groups is 2. The number of anilines is 1. The van der Waals surface area contributed by atoms with E-state index in [2.05, 4.69) is 5.32 Å². The second kappa shape index (κ2) is 14.6. The lowest BCUT2D eigenvalue weighted by Gasteiger charge is -2.33. The number of hydrogen-bond donors (Lipinski definition) is 1. The van der Waals surface area contributed by atoms with Crippen LogP contribution in [0.2, 0.25) is 10.0 Å². The number of ether oxygens (including phenoxy) is 1. The van der Waals surface area contributed by atoms with E-state index in [-0.39, 0.29) is 39.0 Å². The number of amides is 2. The smallest absolute Gasteiger partial charge is 0.264 e. The third kappa shape index (κ3) is 8.61. The third-order valence-electron chi connectivity index (χ3n) is 6.30. The molecule has 8 nitrogen and oxygen atoms in total. The van der Waals surface area contributed by atoms with Gasteiger partial charge in [0.05, 0.1) is 17.7 Å². The first-order valence-corrected chi connectivity index (χ1v) is 15.4. The van der Waals surface area contributed by atoms with E-state index in [1.54, 1.807) is 50.4 Å². The van der Waals surface area contributed by atoms with Gasteiger partial charge in [-0.3, -0.25) is 13.9 Å². The van der Waals surface area contributed by atoms with Crippen molar-refractivity contribution in [3.05, 3.63) is 88.4 Å². The molecule has 11 heteroatoms. The number of benzene rings is 3. The Morgan fingerprint density at radius 3 is 2.20 bits per heavy atom. The van der Waals surface area contributed by atoms with Crippen LogP contribution in [-0.2, 0) is 26.2 Å². The Labute approximate surface area is 252 Å². The minimum absolute atomic E-state index is 0.00929. The third-order valence-corrected chi connectivity index (χ3v) is 8.53. The van der Waals surface area contributed by atoms with E-state index in [0.29, 0.717) is 18.7 Å². The Kier molecular flexibility index (Phi) is 11.5. The highest BCUT2D eigenvalue weighted by Gasteiger charge is 2.34. The molecule has 3 rings (SSSR count). The maximum atomic E-state index is 14.1. The fraction of sp³-hybridized carbons (Fsp3) is 0.333. The second-order valence-electron chi connectivity index (χ2n) is 9.89. The van der Waals surface area contributed by atoms with E-state index in [1.807, 2.05) is 19.9 Å². The van der Waals surface area contributed by atoms with Gasteiger partial charge >= 0.3 is 0 Å². The summed E-state index contributed by atoms with van der Waals surface area (Å²) in [4.78, 5) is 28.8. The van der Waals surface area contributed by atoms with Crippen molar-refractivity contribution in [1.29, 1.82) is 0 Å². The molecule has 0 radical (unpaired) electrons. The molecule has 0 spiro atoms. The zero-order chi connectivity index (χ0) is 30.2. The second-order valence-corrected chi connectivity index (χ2v) is 12.6. The van der Waals surface area contributed by atoms with E-state index < -0.39 is 28.5 Å². The van der Waals surface area contributed by atoms with Crippen LogP contribution >= 0.6 is 23.2 Å². The van der Waals surface area contributed by atoms with Crippen molar-refractivity contribution in [1.82, 2.24) is 10.2 Å². The molecule has 0 saturated carbocycles. The topological polar surface area (TPSA) is 96.0 Å². The SMILES string of the molecule is CC[C@@H](C(=O)NCC(C)C)N(Cc1cccc(OC)c1)C(=O)CN(c1cc(Cl)cc(Cl)c1)S(=O)(=O)c1ccccc1. The predicted molar refractivity (Wildman–Crippen MR) is 163 cm³/mol. The van der Waals surface area contributed by atoms with Crippen LogP contribution in [0.3, 0.4) is 0 Å². The number of nitrogens with zero attached hydrogens (tertiary/aromatic N) is 2. The van der Waals surface area contributed by atoms with E-state index in [9.17, 15) is 18.0 Å². The van der Waals surface area contributed by atoms with Crippen LogP contribution in [0.25, 0.3) is 0 Å². The Balaban J connectivity index is 2.08. The van der Waals surface area contributed by atoms with Gasteiger partial charge in [0.25, 0.3) is 10.0 Å². The van der Waals surface area contributed by atoms with Crippen LogP contribution in [0.4, 0.5) is 5.69 Å². The van der Waals surface area contributed by atoms with Gasteiger partial charge in [-0.2, -0.15) is 0 Å². The molecule has 0 aromatic heterocycles. The van der Waals surface area contributed by atoms with Crippen molar-refractivity contribution < 1.29 is 22.7 Å². The monoisotopic (exact) mass is 619 g/mol. The highest BCUT2D eigenvalue weighted by Crippen LogP contribution is 2.30. The lowest BCUT2D eigenvalue weighted by atomic mass is 10.1. The zero-order valence-corrected chi connectivity index (χ0v) is 25.8. The van der Waals surface area contributed by atoms with Gasteiger partial charge in [0.2, 0.25) is 11.8 Å². The summed E-state index contributed by atoms with van der Waals surface area (Å²) in [5, 5.41) is 3.33. The largest absolute Gasteiger partial charge is 0.497 e. The molecule has 220 valence electrons. The summed E-state index contributed by atoms with van der Waals surface area (Å²) >= 11 is 12.5. The summed E-state index contributed by atoms with van der Waals surface area (Å²) in [6, 6.07) is 18.4. The van der Waals surface area contributed by atoms with E-state index >= 15 is 0 Å². The van der Waals surface area contributed by atoms with Crippen molar-refractivity contribution in [2.24, 2.45) is 5.92 Å². The standard InChI is InChI=1S/C30H35Cl2N3O5S/c1-5-28(30(37)33-18-21(2)3)34(19-22-10-9-11-26(14-22)40-4)29(36)20-35(25-16-23(31)15-24(32)17-25)41(38,39)27-12-7-6-8-13-27/h6-17,21,28H,5,18-20H2,1-4H3,(H,33,37)/t28-/m0/s1. The summed E-state index contributed by atoms with van der Waals surface area (Å²) < 4.78 is 34.1. The van der Waals surface area contributed by atoms with Gasteiger partial charge in [-0.15, -0.1) is 0 Å². The molecule has 2 amide bonds. The zero-order valence-electron chi connectivity index (χ0n) is 23.5. The minimum Gasteiger partial charge on any atom is -0.497 e. The summed E-state index contributed by atoms with van der Waals surface area (Å²) in [6.45, 7) is 5.66. The molecule has 0 bridgehead atoms. The van der Waals surface area contributed by atoms with Gasteiger partial charge in [-0.25, -0.2) is 8.42 Å². The molecule has 1 atom stereocenters. The fourth-order valence-corrected chi connectivity index (χ4v) is 6.17. The lowest BCUT2D eigenvalue weighted by molar-refractivity contribution is -0.140. The Morgan fingerprint density at radius 1 is 0.951 bits per heavy atom. The normalized spacial score (nSPS) is 12.1. The van der Waals surface area contributed by atoms with Gasteiger partial charge in [-0.05, 0) is 60.4 Å². The molecular formula is C30H35Cl2N3O5S. The van der Waals surface area contributed by atoms with Gasteiger partial charge in [0, 0.05) is 23.1 Å². The Bertz CT molecular complexity index is 1430. The summed E-state index contributed by atoms with van der Waals surface area (Å²) in [5.74, 6) is -0.0946. The average molecular weight is 621 g/mol. The van der Waals surface area contributed by atoms with Crippen molar-refractivity contribution in [2.75, 3.05) is 24.5 Å². The van der Waals surface area contributed by atoms with Crippen LogP contribution in [0.15, 0.2) is 77.7 Å². The van der Waals surface area contributed by atoms with Crippen LogP contribution in [0.1, 0.15) is 32.8 Å². The predicted octanol–water partition coefficient (Wildman–Crippen LogP) is 5.78. The van der Waals surface area contributed by atoms with Crippen molar-refractivity contribution in [2.45, 2.75) is 44.7 Å². The first-order valence-electron chi connectivity index (χ1n) is 13.2. The van der Waals surface area contributed by atoms with Gasteiger partial charge in [-0.1, -0.05) is 74.3 Å². The van der Waals surface area contributed by atoms with Gasteiger partial charge in [0.15, 0.2) is 0 Å². The molecule has 41 heavy (non-hydrogen) atoms. The summed E-state index contributed by atoms with van der Waals surface area (Å²) in [5.41, 5.74) is 0.842. The number of nitrogens with one attached hydrogen (secondary N) is 1. The number of hydrogen-bond acceptors (Lipinski definition) is 5. The molecule has 0 aliphatic carbocycles. The molecule has 0 aliphatic rings. The van der Waals surface area contributed by atoms with Gasteiger partial charge < -0.3 is 15.0 Å². The molecule has 0 heterocycles. The molecule has 1 N–H and O–H groups in total. The molecular weight excluding hydrogens is 585 g/mol. The minimum atomic E-state index is -4.23. The summed E-state index contributed by atoms with van der Waals surface area (Å²) in [7, 11) is -2.69. The number of methoxy groups -OCH3 is 1. The van der Waals surface area contributed by atoms with Crippen LogP contribution in [0.5, 0.6) is 5.75 Å². The van der Waals surface area contributed by atoms with Gasteiger partial charge in [0.1, 0.15) is 18.3 Å². The summed E-state index contributed by atoms with van der Waals surface area (Å²) in [6.07, 6.45) is 0.314. The number of carbonyl (C=O) groups excluding carboxylic acids is 2. The van der Waals surface area contributed by atoms with E-state index in [1.165, 1.54) is 35.2 Å². The van der Waals surface area contributed by atoms with Crippen LogP contribution in [0, 0.1) is 5.92 Å². The van der Waals surface area contributed by atoms with Crippen molar-refractivity contribution >= 4 is 50.7 Å². The lowest BCUT2D eigenvalue weighted by Crippen LogP contribution is -2.52. The molecule has 0 saturated heterocycles. The molecule has 0 unspecified atom stereocenters. The number of rotatable bonds is 13. The van der Waals surface area contributed by atoms with Crippen molar-refractivity contribution in [3.63, 3.8) is 0 Å². The maximum Gasteiger partial charge on any atom is 0.264 e. The fourth-order valence-electron chi connectivity index (χ4n) is 4.24. The first-order chi connectivity index (χ1) is 19.5. The molecule has 0 aliphatic heterocycles. The van der Waals surface area contributed by atoms with E-state index in [4.69, 9.17) is 27.9 Å². The van der Waals surface area contributed by atoms with Crippen molar-refractivity contribution in [3.8, 4) is 5.75 Å². The van der Waals surface area contributed by atoms with Crippen LogP contribution in [-0.4, -0.2) is 51.4 Å². The molecule has 0 fully saturated rings. The highest BCUT2D eigenvalue weighted by atomic mass is 35.5. The Morgan fingerprint density at radius 2 is 1.61 bits per heavy atom. The van der Waals surface area contributed by atoms with Crippen LogP contribution < -0.4 is 14.4 Å². The number of sulfonamides is 1. The molecule has 3 aromatic rings. The first kappa shape index (κ1) is 32.2. The number of halogens is 2.